The van der Waals surface area contributed by atoms with Crippen LogP contribution in [0.2, 0.25) is 0 Å². The predicted octanol–water partition coefficient (Wildman–Crippen LogP) is 15.3. The third-order valence-electron chi connectivity index (χ3n) is 9.97. The van der Waals surface area contributed by atoms with Gasteiger partial charge in [-0.05, 0) is 49.8 Å². The third kappa shape index (κ3) is 27.5. The van der Waals surface area contributed by atoms with Crippen LogP contribution < -0.4 is 0 Å². The maximum atomic E-state index is 5.10. The van der Waals surface area contributed by atoms with E-state index in [0.29, 0.717) is 0 Å². The monoisotopic (exact) mass is 612 g/mol. The molecule has 1 heteroatoms. The molecular weight excluding hydrogens is 530 g/mol. The maximum absolute atomic E-state index is 5.10. The van der Waals surface area contributed by atoms with Gasteiger partial charge >= 0.3 is 0 Å². The van der Waals surface area contributed by atoms with E-state index in [-0.39, 0.29) is 0 Å². The van der Waals surface area contributed by atoms with Crippen LogP contribution in [0.25, 0.3) is 0 Å². The molecule has 0 bridgehead atoms. The largest absolute Gasteiger partial charge is 0.258 e. The van der Waals surface area contributed by atoms with E-state index in [0.717, 1.165) is 6.42 Å². The van der Waals surface area contributed by atoms with Gasteiger partial charge in [0.2, 0.25) is 0 Å². The molecule has 0 spiro atoms. The molecule has 0 fully saturated rings. The third-order valence-corrected chi connectivity index (χ3v) is 9.97. The predicted molar refractivity (Wildman–Crippen MR) is 200 cm³/mol. The molecule has 1 aromatic heterocycles. The summed E-state index contributed by atoms with van der Waals surface area (Å²) in [5.41, 5.74) is 4.22. The first-order valence-corrected chi connectivity index (χ1v) is 20.8. The van der Waals surface area contributed by atoms with Gasteiger partial charge in [-0.1, -0.05) is 213 Å². The van der Waals surface area contributed by atoms with Crippen LogP contribution in [0.4, 0.5) is 0 Å². The summed E-state index contributed by atoms with van der Waals surface area (Å²) in [4.78, 5) is 5.10. The van der Waals surface area contributed by atoms with E-state index in [4.69, 9.17) is 4.98 Å². The van der Waals surface area contributed by atoms with Crippen LogP contribution in [0.15, 0.2) is 12.1 Å². The second-order valence-corrected chi connectivity index (χ2v) is 14.4. The fourth-order valence-electron chi connectivity index (χ4n) is 6.89. The van der Waals surface area contributed by atoms with Crippen molar-refractivity contribution in [2.45, 2.75) is 245 Å². The smallest absolute Gasteiger partial charge is 0.0409 e. The maximum Gasteiger partial charge on any atom is 0.0409 e. The zero-order valence-corrected chi connectivity index (χ0v) is 30.9. The number of aromatic nitrogens is 1. The van der Waals surface area contributed by atoms with Crippen LogP contribution in [0.5, 0.6) is 0 Å². The lowest BCUT2D eigenvalue weighted by Crippen LogP contribution is -1.99. The van der Waals surface area contributed by atoms with E-state index in [1.807, 2.05) is 0 Å². The standard InChI is InChI=1S/C43H81N/c1-4-7-9-11-13-15-17-19-21-23-25-27-29-31-33-35-37-42-39-41(6-3)40-43(44-42)38-36-34-32-30-28-26-24-22-20-18-16-14-12-10-8-5-2/h39-40H,4-38H2,1-3H3. The second kappa shape index (κ2) is 33.5. The molecule has 0 unspecified atom stereocenters. The molecule has 0 aliphatic carbocycles. The molecule has 44 heavy (non-hydrogen) atoms. The van der Waals surface area contributed by atoms with E-state index >= 15 is 0 Å². The first-order valence-electron chi connectivity index (χ1n) is 20.8. The Balaban J connectivity index is 1.97. The Morgan fingerprint density at radius 3 is 0.773 bits per heavy atom. The first-order chi connectivity index (χ1) is 21.8. The molecule has 0 aliphatic heterocycles. The highest BCUT2D eigenvalue weighted by molar-refractivity contribution is 5.22. The lowest BCUT2D eigenvalue weighted by molar-refractivity contribution is 0.528. The number of pyridine rings is 1. The summed E-state index contributed by atoms with van der Waals surface area (Å²) in [7, 11) is 0. The molecule has 1 rings (SSSR count). The van der Waals surface area contributed by atoms with Crippen molar-refractivity contribution in [3.8, 4) is 0 Å². The van der Waals surface area contributed by atoms with E-state index in [1.54, 1.807) is 0 Å². The molecule has 1 nitrogen and oxygen atoms in total. The Hall–Kier alpha value is -0.850. The van der Waals surface area contributed by atoms with Crippen LogP contribution in [-0.4, -0.2) is 4.98 Å². The molecule has 0 radical (unpaired) electrons. The molecule has 0 saturated heterocycles. The Bertz CT molecular complexity index is 640. The summed E-state index contributed by atoms with van der Waals surface area (Å²) in [6, 6.07) is 4.78. The van der Waals surface area contributed by atoms with Crippen molar-refractivity contribution in [3.05, 3.63) is 29.1 Å². The summed E-state index contributed by atoms with van der Waals surface area (Å²) in [6.07, 6.45) is 49.5. The Morgan fingerprint density at radius 2 is 0.545 bits per heavy atom. The number of unbranched alkanes of at least 4 members (excludes halogenated alkanes) is 30. The van der Waals surface area contributed by atoms with Crippen LogP contribution in [-0.2, 0) is 19.3 Å². The minimum atomic E-state index is 1.14. The molecule has 0 N–H and O–H groups in total. The highest BCUT2D eigenvalue weighted by Gasteiger charge is 2.04. The van der Waals surface area contributed by atoms with Gasteiger partial charge in [0.05, 0.1) is 0 Å². The minimum absolute atomic E-state index is 1.14. The number of hydrogen-bond donors (Lipinski definition) is 0. The van der Waals surface area contributed by atoms with Gasteiger partial charge in [-0.15, -0.1) is 0 Å². The van der Waals surface area contributed by atoms with Crippen LogP contribution in [0.3, 0.4) is 0 Å². The number of rotatable bonds is 35. The molecule has 0 saturated carbocycles. The van der Waals surface area contributed by atoms with Gasteiger partial charge in [0, 0.05) is 11.4 Å². The van der Waals surface area contributed by atoms with Crippen molar-refractivity contribution in [2.24, 2.45) is 0 Å². The summed E-state index contributed by atoms with van der Waals surface area (Å²) < 4.78 is 0. The number of aryl methyl sites for hydroxylation is 3. The van der Waals surface area contributed by atoms with Gasteiger partial charge in [-0.25, -0.2) is 0 Å². The topological polar surface area (TPSA) is 12.9 Å². The van der Waals surface area contributed by atoms with Crippen molar-refractivity contribution in [3.63, 3.8) is 0 Å². The van der Waals surface area contributed by atoms with Crippen molar-refractivity contribution >= 4 is 0 Å². The first kappa shape index (κ1) is 41.2. The van der Waals surface area contributed by atoms with E-state index in [9.17, 15) is 0 Å². The minimum Gasteiger partial charge on any atom is -0.258 e. The molecule has 0 aliphatic rings. The van der Waals surface area contributed by atoms with Crippen molar-refractivity contribution in [2.75, 3.05) is 0 Å². The van der Waals surface area contributed by atoms with Crippen molar-refractivity contribution in [1.29, 1.82) is 0 Å². The van der Waals surface area contributed by atoms with Crippen molar-refractivity contribution in [1.82, 2.24) is 4.98 Å². The van der Waals surface area contributed by atoms with Gasteiger partial charge < -0.3 is 0 Å². The second-order valence-electron chi connectivity index (χ2n) is 14.4. The van der Waals surface area contributed by atoms with Crippen molar-refractivity contribution < 1.29 is 0 Å². The summed E-state index contributed by atoms with van der Waals surface area (Å²) in [5, 5.41) is 0. The number of hydrogen-bond acceptors (Lipinski definition) is 1. The summed E-state index contributed by atoms with van der Waals surface area (Å²) in [5.74, 6) is 0. The van der Waals surface area contributed by atoms with E-state index in [1.165, 1.54) is 235 Å². The summed E-state index contributed by atoms with van der Waals surface area (Å²) in [6.45, 7) is 6.91. The fraction of sp³-hybridized carbons (Fsp3) is 0.884. The lowest BCUT2D eigenvalue weighted by Gasteiger charge is -2.09. The normalized spacial score (nSPS) is 11.5. The van der Waals surface area contributed by atoms with Gasteiger partial charge in [-0.3, -0.25) is 4.98 Å². The average molecular weight is 612 g/mol. The Kier molecular flexibility index (Phi) is 31.4. The fourth-order valence-corrected chi connectivity index (χ4v) is 6.89. The molecular formula is C43H81N. The molecule has 0 aromatic carbocycles. The Morgan fingerprint density at radius 1 is 0.318 bits per heavy atom. The highest BCUT2D eigenvalue weighted by atomic mass is 14.7. The van der Waals surface area contributed by atoms with Gasteiger partial charge in [-0.2, -0.15) is 0 Å². The van der Waals surface area contributed by atoms with Gasteiger partial charge in [0.25, 0.3) is 0 Å². The van der Waals surface area contributed by atoms with Crippen LogP contribution >= 0.6 is 0 Å². The van der Waals surface area contributed by atoms with Crippen LogP contribution in [0, 0.1) is 0 Å². The van der Waals surface area contributed by atoms with Gasteiger partial charge in [0.15, 0.2) is 0 Å². The highest BCUT2D eigenvalue weighted by Crippen LogP contribution is 2.17. The molecule has 258 valence electrons. The van der Waals surface area contributed by atoms with Gasteiger partial charge in [0.1, 0.15) is 0 Å². The lowest BCUT2D eigenvalue weighted by atomic mass is 10.0. The van der Waals surface area contributed by atoms with E-state index < -0.39 is 0 Å². The zero-order valence-electron chi connectivity index (χ0n) is 30.9. The SMILES string of the molecule is CCCCCCCCCCCCCCCCCCc1cc(CC)cc(CCCCCCCCCCCCCCCCCC)n1. The molecule has 1 aromatic rings. The quantitative estimate of drug-likeness (QED) is 0.0696. The molecule has 0 atom stereocenters. The summed E-state index contributed by atoms with van der Waals surface area (Å²) >= 11 is 0. The Labute approximate surface area is 279 Å². The molecule has 0 amide bonds. The molecule has 1 heterocycles. The number of nitrogens with zero attached hydrogens (tertiary/aromatic N) is 1. The average Bonchev–Trinajstić information content (AvgIpc) is 3.04. The van der Waals surface area contributed by atoms with Crippen LogP contribution in [0.1, 0.15) is 243 Å². The zero-order chi connectivity index (χ0) is 31.6. The van der Waals surface area contributed by atoms with E-state index in [2.05, 4.69) is 32.9 Å².